The van der Waals surface area contributed by atoms with E-state index in [1.54, 1.807) is 19.1 Å². The molecule has 0 aromatic carbocycles. The van der Waals surface area contributed by atoms with Crippen molar-refractivity contribution in [3.63, 3.8) is 0 Å². The first kappa shape index (κ1) is 13.4. The molecule has 5 nitrogen and oxygen atoms in total. The van der Waals surface area contributed by atoms with Crippen LogP contribution in [0, 0.1) is 5.41 Å². The zero-order chi connectivity index (χ0) is 13.1. The van der Waals surface area contributed by atoms with Gasteiger partial charge in [-0.2, -0.15) is 5.10 Å². The first-order valence-electron chi connectivity index (χ1n) is 5.55. The molecule has 0 fully saturated rings. The molecule has 0 spiro atoms. The van der Waals surface area contributed by atoms with Crippen molar-refractivity contribution in [2.24, 2.45) is 11.1 Å². The number of ether oxygens (including phenoxy) is 1. The Kier molecular flexibility index (Phi) is 4.04. The fourth-order valence-electron chi connectivity index (χ4n) is 1.07. The first-order chi connectivity index (χ1) is 7.79. The number of aromatic nitrogens is 2. The van der Waals surface area contributed by atoms with E-state index >= 15 is 0 Å². The van der Waals surface area contributed by atoms with E-state index in [0.29, 0.717) is 18.2 Å². The third-order valence-electron chi connectivity index (χ3n) is 2.18. The van der Waals surface area contributed by atoms with Crippen molar-refractivity contribution in [3.05, 3.63) is 17.8 Å². The van der Waals surface area contributed by atoms with Crippen LogP contribution in [0.4, 0.5) is 0 Å². The summed E-state index contributed by atoms with van der Waals surface area (Å²) in [6.45, 7) is 8.48. The van der Waals surface area contributed by atoms with E-state index in [9.17, 15) is 4.79 Å². The predicted octanol–water partition coefficient (Wildman–Crippen LogP) is 1.49. The average molecular weight is 237 g/mol. The SMILES string of the molecule is CC(C(N)=O)c1ccc(OCC(C)(C)C)nn1. The molecular weight excluding hydrogens is 218 g/mol. The molecule has 1 aromatic heterocycles. The summed E-state index contributed by atoms with van der Waals surface area (Å²) in [5, 5.41) is 7.83. The summed E-state index contributed by atoms with van der Waals surface area (Å²) in [6.07, 6.45) is 0. The van der Waals surface area contributed by atoms with Crippen molar-refractivity contribution < 1.29 is 9.53 Å². The summed E-state index contributed by atoms with van der Waals surface area (Å²) in [7, 11) is 0. The molecule has 0 radical (unpaired) electrons. The molecule has 0 bridgehead atoms. The Hall–Kier alpha value is -1.65. The van der Waals surface area contributed by atoms with Crippen LogP contribution in [0.15, 0.2) is 12.1 Å². The van der Waals surface area contributed by atoms with Gasteiger partial charge in [0, 0.05) is 6.07 Å². The van der Waals surface area contributed by atoms with E-state index in [1.165, 1.54) is 0 Å². The molecule has 17 heavy (non-hydrogen) atoms. The second-order valence-corrected chi connectivity index (χ2v) is 5.27. The van der Waals surface area contributed by atoms with Gasteiger partial charge in [0.15, 0.2) is 0 Å². The molecule has 1 heterocycles. The van der Waals surface area contributed by atoms with Gasteiger partial charge in [0.2, 0.25) is 11.8 Å². The number of nitrogens with two attached hydrogens (primary N) is 1. The Labute approximate surface area is 101 Å². The van der Waals surface area contributed by atoms with E-state index in [1.807, 2.05) is 0 Å². The van der Waals surface area contributed by atoms with E-state index < -0.39 is 11.8 Å². The highest BCUT2D eigenvalue weighted by molar-refractivity contribution is 5.80. The van der Waals surface area contributed by atoms with Crippen molar-refractivity contribution in [2.45, 2.75) is 33.6 Å². The van der Waals surface area contributed by atoms with Gasteiger partial charge in [-0.1, -0.05) is 20.8 Å². The van der Waals surface area contributed by atoms with E-state index in [-0.39, 0.29) is 5.41 Å². The summed E-state index contributed by atoms with van der Waals surface area (Å²) >= 11 is 0. The number of nitrogens with zero attached hydrogens (tertiary/aromatic N) is 2. The number of rotatable bonds is 4. The van der Waals surface area contributed by atoms with Crippen LogP contribution in [0.2, 0.25) is 0 Å². The summed E-state index contributed by atoms with van der Waals surface area (Å²) in [4.78, 5) is 11.0. The predicted molar refractivity (Wildman–Crippen MR) is 64.6 cm³/mol. The Morgan fingerprint density at radius 2 is 2.06 bits per heavy atom. The summed E-state index contributed by atoms with van der Waals surface area (Å²) < 4.78 is 5.48. The second-order valence-electron chi connectivity index (χ2n) is 5.27. The van der Waals surface area contributed by atoms with Gasteiger partial charge in [-0.05, 0) is 18.4 Å². The van der Waals surface area contributed by atoms with E-state index in [2.05, 4.69) is 31.0 Å². The molecule has 1 atom stereocenters. The smallest absolute Gasteiger partial charge is 0.233 e. The standard InChI is InChI=1S/C12H19N3O2/c1-8(11(13)16)9-5-6-10(15-14-9)17-7-12(2,3)4/h5-6,8H,7H2,1-4H3,(H2,13,16). The molecule has 0 aliphatic rings. The third kappa shape index (κ3) is 4.38. The minimum atomic E-state index is -0.431. The molecule has 5 heteroatoms. The van der Waals surface area contributed by atoms with Crippen LogP contribution in [0.3, 0.4) is 0 Å². The highest BCUT2D eigenvalue weighted by Gasteiger charge is 2.15. The van der Waals surface area contributed by atoms with Crippen molar-refractivity contribution >= 4 is 5.91 Å². The lowest BCUT2D eigenvalue weighted by Crippen LogP contribution is -2.20. The van der Waals surface area contributed by atoms with Gasteiger partial charge in [-0.3, -0.25) is 4.79 Å². The normalized spacial score (nSPS) is 13.2. The molecule has 1 aromatic rings. The highest BCUT2D eigenvalue weighted by atomic mass is 16.5. The van der Waals surface area contributed by atoms with Crippen molar-refractivity contribution in [1.82, 2.24) is 10.2 Å². The van der Waals surface area contributed by atoms with Crippen LogP contribution in [-0.2, 0) is 4.79 Å². The minimum absolute atomic E-state index is 0.0703. The van der Waals surface area contributed by atoms with Crippen LogP contribution in [0.1, 0.15) is 39.3 Å². The fourth-order valence-corrected chi connectivity index (χ4v) is 1.07. The topological polar surface area (TPSA) is 78.1 Å². The van der Waals surface area contributed by atoms with Crippen LogP contribution in [-0.4, -0.2) is 22.7 Å². The van der Waals surface area contributed by atoms with Gasteiger partial charge < -0.3 is 10.5 Å². The summed E-state index contributed by atoms with van der Waals surface area (Å²) in [6, 6.07) is 3.41. The Bertz CT molecular complexity index is 382. The van der Waals surface area contributed by atoms with Crippen LogP contribution in [0.25, 0.3) is 0 Å². The van der Waals surface area contributed by atoms with Crippen molar-refractivity contribution in [3.8, 4) is 5.88 Å². The summed E-state index contributed by atoms with van der Waals surface area (Å²) in [5.41, 5.74) is 5.81. The number of hydrogen-bond donors (Lipinski definition) is 1. The number of carbonyl (C=O) groups is 1. The van der Waals surface area contributed by atoms with Gasteiger partial charge in [0.05, 0.1) is 18.2 Å². The Morgan fingerprint density at radius 1 is 1.41 bits per heavy atom. The van der Waals surface area contributed by atoms with Gasteiger partial charge in [0.1, 0.15) is 0 Å². The van der Waals surface area contributed by atoms with Gasteiger partial charge >= 0.3 is 0 Å². The molecule has 1 unspecified atom stereocenters. The van der Waals surface area contributed by atoms with E-state index in [0.717, 1.165) is 0 Å². The molecule has 1 rings (SSSR count). The average Bonchev–Trinajstić information content (AvgIpc) is 2.25. The quantitative estimate of drug-likeness (QED) is 0.860. The van der Waals surface area contributed by atoms with Gasteiger partial charge in [0.25, 0.3) is 0 Å². The second kappa shape index (κ2) is 5.12. The maximum absolute atomic E-state index is 11.0. The molecule has 2 N–H and O–H groups in total. The highest BCUT2D eigenvalue weighted by Crippen LogP contribution is 2.17. The van der Waals surface area contributed by atoms with Gasteiger partial charge in [-0.25, -0.2) is 0 Å². The number of primary amides is 1. The van der Waals surface area contributed by atoms with E-state index in [4.69, 9.17) is 10.5 Å². The lowest BCUT2D eigenvalue weighted by molar-refractivity contribution is -0.119. The monoisotopic (exact) mass is 237 g/mol. The number of carbonyl (C=O) groups excluding carboxylic acids is 1. The fraction of sp³-hybridized carbons (Fsp3) is 0.583. The lowest BCUT2D eigenvalue weighted by atomic mass is 9.99. The zero-order valence-electron chi connectivity index (χ0n) is 10.7. The minimum Gasteiger partial charge on any atom is -0.476 e. The molecule has 0 aliphatic carbocycles. The molecule has 0 saturated heterocycles. The number of amides is 1. The zero-order valence-corrected chi connectivity index (χ0v) is 10.7. The van der Waals surface area contributed by atoms with Crippen LogP contribution >= 0.6 is 0 Å². The maximum atomic E-state index is 11.0. The van der Waals surface area contributed by atoms with Gasteiger partial charge in [-0.15, -0.1) is 5.10 Å². The molecule has 94 valence electrons. The molecule has 0 aliphatic heterocycles. The molecular formula is C12H19N3O2. The van der Waals surface area contributed by atoms with Crippen LogP contribution in [0.5, 0.6) is 5.88 Å². The number of hydrogen-bond acceptors (Lipinski definition) is 4. The van der Waals surface area contributed by atoms with Crippen molar-refractivity contribution in [2.75, 3.05) is 6.61 Å². The molecule has 1 amide bonds. The van der Waals surface area contributed by atoms with Crippen LogP contribution < -0.4 is 10.5 Å². The largest absolute Gasteiger partial charge is 0.476 e. The molecule has 0 saturated carbocycles. The summed E-state index contributed by atoms with van der Waals surface area (Å²) in [5.74, 6) is -0.387. The Balaban J connectivity index is 2.65. The Morgan fingerprint density at radius 3 is 2.47 bits per heavy atom. The van der Waals surface area contributed by atoms with Crippen molar-refractivity contribution in [1.29, 1.82) is 0 Å². The third-order valence-corrected chi connectivity index (χ3v) is 2.18. The first-order valence-corrected chi connectivity index (χ1v) is 5.55. The lowest BCUT2D eigenvalue weighted by Gasteiger charge is -2.18. The maximum Gasteiger partial charge on any atom is 0.233 e.